The van der Waals surface area contributed by atoms with Crippen molar-refractivity contribution in [1.82, 2.24) is 15.1 Å². The first-order valence-electron chi connectivity index (χ1n) is 10.9. The van der Waals surface area contributed by atoms with Gasteiger partial charge in [-0.2, -0.15) is 0 Å². The van der Waals surface area contributed by atoms with E-state index in [1.165, 1.54) is 19.3 Å². The van der Waals surface area contributed by atoms with Crippen LogP contribution in [0.15, 0.2) is 0 Å². The maximum absolute atomic E-state index is 13.4. The smallest absolute Gasteiger partial charge is 0.237 e. The molecule has 1 atom stereocenters. The Balaban J connectivity index is 1.19. The van der Waals surface area contributed by atoms with Gasteiger partial charge >= 0.3 is 0 Å². The minimum absolute atomic E-state index is 0.0219. The Morgan fingerprint density at radius 2 is 1.46 bits per heavy atom. The minimum atomic E-state index is -0.0765. The average molecular weight is 360 g/mol. The van der Waals surface area contributed by atoms with Gasteiger partial charge in [0.15, 0.2) is 0 Å². The summed E-state index contributed by atoms with van der Waals surface area (Å²) in [7, 11) is 0. The molecule has 4 bridgehead atoms. The lowest BCUT2D eigenvalue weighted by atomic mass is 9.49. The average Bonchev–Trinajstić information content (AvgIpc) is 3.43. The zero-order chi connectivity index (χ0) is 17.9. The van der Waals surface area contributed by atoms with Crippen LogP contribution < -0.4 is 5.32 Å². The molecule has 26 heavy (non-hydrogen) atoms. The van der Waals surface area contributed by atoms with E-state index in [0.29, 0.717) is 11.9 Å². The van der Waals surface area contributed by atoms with Gasteiger partial charge in [0, 0.05) is 32.2 Å². The lowest BCUT2D eigenvalue weighted by Crippen LogP contribution is -2.60. The molecule has 1 unspecified atom stereocenters. The van der Waals surface area contributed by atoms with E-state index in [4.69, 9.17) is 0 Å². The number of nitrogens with one attached hydrogen (secondary N) is 1. The molecule has 6 aliphatic rings. The van der Waals surface area contributed by atoms with Gasteiger partial charge in [0.2, 0.25) is 11.8 Å². The highest BCUT2D eigenvalue weighted by Gasteiger charge is 2.55. The van der Waals surface area contributed by atoms with Crippen molar-refractivity contribution in [3.8, 4) is 0 Å². The fourth-order valence-corrected chi connectivity index (χ4v) is 6.74. The Labute approximate surface area is 156 Å². The van der Waals surface area contributed by atoms with E-state index >= 15 is 0 Å². The van der Waals surface area contributed by atoms with Crippen molar-refractivity contribution in [3.63, 3.8) is 0 Å². The lowest BCUT2D eigenvalue weighted by Gasteiger charge is -2.57. The number of amides is 2. The number of carbonyl (C=O) groups is 2. The van der Waals surface area contributed by atoms with Gasteiger partial charge in [-0.1, -0.05) is 0 Å². The minimum Gasteiger partial charge on any atom is -0.352 e. The summed E-state index contributed by atoms with van der Waals surface area (Å²) in [5, 5.41) is 3.11. The van der Waals surface area contributed by atoms with Crippen molar-refractivity contribution in [3.05, 3.63) is 0 Å². The normalized spacial score (nSPS) is 40.5. The highest BCUT2D eigenvalue weighted by Crippen LogP contribution is 2.60. The van der Waals surface area contributed by atoms with Crippen LogP contribution >= 0.6 is 0 Å². The van der Waals surface area contributed by atoms with Gasteiger partial charge in [0.25, 0.3) is 0 Å². The standard InChI is InChI=1S/C21H33N3O2/c1-14(19(25)22-18-2-3-18)23-4-6-24(7-5-23)20(26)21-11-15-8-16(12-21)10-17(9-15)13-21/h14-18H,2-13H2,1H3,(H,22,25). The molecule has 1 N–H and O–H groups in total. The third-order valence-corrected chi connectivity index (χ3v) is 7.94. The molecule has 0 aromatic heterocycles. The molecular formula is C21H33N3O2. The van der Waals surface area contributed by atoms with Gasteiger partial charge in [-0.25, -0.2) is 0 Å². The van der Waals surface area contributed by atoms with Crippen LogP contribution in [0, 0.1) is 23.2 Å². The van der Waals surface area contributed by atoms with E-state index in [-0.39, 0.29) is 17.4 Å². The number of rotatable bonds is 4. The molecule has 144 valence electrons. The fourth-order valence-electron chi connectivity index (χ4n) is 6.74. The summed E-state index contributed by atoms with van der Waals surface area (Å²) in [5.41, 5.74) is -0.0219. The van der Waals surface area contributed by atoms with Gasteiger partial charge in [0.1, 0.15) is 0 Å². The molecule has 5 nitrogen and oxygen atoms in total. The maximum atomic E-state index is 13.4. The first kappa shape index (κ1) is 17.0. The first-order chi connectivity index (χ1) is 12.5. The zero-order valence-electron chi connectivity index (χ0n) is 16.1. The van der Waals surface area contributed by atoms with Gasteiger partial charge in [-0.05, 0) is 76.0 Å². The predicted molar refractivity (Wildman–Crippen MR) is 99.4 cm³/mol. The SMILES string of the molecule is CC(C(=O)NC1CC1)N1CCN(C(=O)C23CC4CC(CC(C4)C2)C3)CC1. The fraction of sp³-hybridized carbons (Fsp3) is 0.905. The molecule has 1 heterocycles. The van der Waals surface area contributed by atoms with E-state index in [2.05, 4.69) is 15.1 Å². The number of piperazine rings is 1. The van der Waals surface area contributed by atoms with Crippen molar-refractivity contribution in [1.29, 1.82) is 0 Å². The van der Waals surface area contributed by atoms with Crippen molar-refractivity contribution < 1.29 is 9.59 Å². The Bertz CT molecular complexity index is 557. The van der Waals surface area contributed by atoms with Gasteiger partial charge in [0.05, 0.1) is 11.5 Å². The van der Waals surface area contributed by atoms with Crippen molar-refractivity contribution in [2.45, 2.75) is 70.4 Å². The number of hydrogen-bond acceptors (Lipinski definition) is 3. The van der Waals surface area contributed by atoms with Gasteiger partial charge < -0.3 is 10.2 Å². The molecule has 5 aliphatic carbocycles. The summed E-state index contributed by atoms with van der Waals surface area (Å²) in [4.78, 5) is 30.1. The molecule has 5 heteroatoms. The largest absolute Gasteiger partial charge is 0.352 e. The van der Waals surface area contributed by atoms with Crippen molar-refractivity contribution >= 4 is 11.8 Å². The van der Waals surface area contributed by atoms with E-state index in [0.717, 1.165) is 76.0 Å². The zero-order valence-corrected chi connectivity index (χ0v) is 16.1. The summed E-state index contributed by atoms with van der Waals surface area (Å²) in [5.74, 6) is 3.06. The molecule has 1 aliphatic heterocycles. The summed E-state index contributed by atoms with van der Waals surface area (Å²) >= 11 is 0. The van der Waals surface area contributed by atoms with E-state index < -0.39 is 0 Å². The molecule has 6 fully saturated rings. The molecule has 0 aromatic rings. The monoisotopic (exact) mass is 359 g/mol. The highest BCUT2D eigenvalue weighted by atomic mass is 16.2. The predicted octanol–water partition coefficient (Wildman–Crippen LogP) is 2.01. The molecule has 6 rings (SSSR count). The molecule has 0 spiro atoms. The van der Waals surface area contributed by atoms with Crippen LogP contribution in [0.25, 0.3) is 0 Å². The lowest BCUT2D eigenvalue weighted by molar-refractivity contribution is -0.159. The molecule has 1 saturated heterocycles. The maximum Gasteiger partial charge on any atom is 0.237 e. The highest BCUT2D eigenvalue weighted by molar-refractivity contribution is 5.84. The van der Waals surface area contributed by atoms with Crippen LogP contribution in [0.3, 0.4) is 0 Å². The summed E-state index contributed by atoms with van der Waals surface area (Å²) < 4.78 is 0. The third kappa shape index (κ3) is 2.96. The second-order valence-electron chi connectivity index (χ2n) is 9.98. The van der Waals surface area contributed by atoms with Crippen LogP contribution in [0.2, 0.25) is 0 Å². The Morgan fingerprint density at radius 1 is 0.923 bits per heavy atom. The molecule has 2 amide bonds. The summed E-state index contributed by atoms with van der Waals surface area (Å²) in [6.07, 6.45) is 9.86. The molecular weight excluding hydrogens is 326 g/mol. The summed E-state index contributed by atoms with van der Waals surface area (Å²) in [6.45, 7) is 5.26. The number of hydrogen-bond donors (Lipinski definition) is 1. The van der Waals surface area contributed by atoms with Crippen LogP contribution in [0.4, 0.5) is 0 Å². The van der Waals surface area contributed by atoms with Crippen LogP contribution in [0.1, 0.15) is 58.3 Å². The quantitative estimate of drug-likeness (QED) is 0.835. The molecule has 5 saturated carbocycles. The molecule has 0 aromatic carbocycles. The second-order valence-corrected chi connectivity index (χ2v) is 9.98. The van der Waals surface area contributed by atoms with E-state index in [1.54, 1.807) is 0 Å². The van der Waals surface area contributed by atoms with Gasteiger partial charge in [-0.3, -0.25) is 14.5 Å². The number of nitrogens with zero attached hydrogens (tertiary/aromatic N) is 2. The summed E-state index contributed by atoms with van der Waals surface area (Å²) in [6, 6.07) is 0.344. The van der Waals surface area contributed by atoms with Crippen LogP contribution in [0.5, 0.6) is 0 Å². The third-order valence-electron chi connectivity index (χ3n) is 7.94. The van der Waals surface area contributed by atoms with Crippen molar-refractivity contribution in [2.75, 3.05) is 26.2 Å². The topological polar surface area (TPSA) is 52.7 Å². The van der Waals surface area contributed by atoms with Gasteiger partial charge in [-0.15, -0.1) is 0 Å². The van der Waals surface area contributed by atoms with E-state index in [1.807, 2.05) is 6.92 Å². The Kier molecular flexibility index (Phi) is 4.07. The molecule has 0 radical (unpaired) electrons. The second kappa shape index (κ2) is 6.22. The first-order valence-corrected chi connectivity index (χ1v) is 10.9. The van der Waals surface area contributed by atoms with Crippen molar-refractivity contribution in [2.24, 2.45) is 23.2 Å². The number of carbonyl (C=O) groups excluding carboxylic acids is 2. The van der Waals surface area contributed by atoms with Crippen LogP contribution in [-0.2, 0) is 9.59 Å². The Morgan fingerprint density at radius 3 is 1.96 bits per heavy atom. The Hall–Kier alpha value is -1.10. The van der Waals surface area contributed by atoms with E-state index in [9.17, 15) is 9.59 Å². The van der Waals surface area contributed by atoms with Crippen LogP contribution in [-0.4, -0.2) is 59.9 Å².